The van der Waals surface area contributed by atoms with E-state index in [0.717, 1.165) is 47.7 Å². The highest BCUT2D eigenvalue weighted by atomic mass is 79.9. The van der Waals surface area contributed by atoms with E-state index in [0.29, 0.717) is 32.5 Å². The summed E-state index contributed by atoms with van der Waals surface area (Å²) in [5.74, 6) is -0.395. The minimum Gasteiger partial charge on any atom is -0.340 e. The molecule has 2 saturated heterocycles. The van der Waals surface area contributed by atoms with Crippen LogP contribution in [0.4, 0.5) is 0 Å². The van der Waals surface area contributed by atoms with Crippen LogP contribution in [-0.2, 0) is 19.6 Å². The molecule has 2 aliphatic rings. The first-order valence-corrected chi connectivity index (χ1v) is 15.5. The van der Waals surface area contributed by atoms with E-state index in [-0.39, 0.29) is 23.3 Å². The van der Waals surface area contributed by atoms with E-state index in [4.69, 9.17) is 0 Å². The summed E-state index contributed by atoms with van der Waals surface area (Å²) in [6.07, 6.45) is 5.38. The molecule has 8 nitrogen and oxygen atoms in total. The fraction of sp³-hybridized carbons (Fsp3) is 0.556. The fourth-order valence-electron chi connectivity index (χ4n) is 5.07. The molecule has 2 aromatic carbocycles. The normalized spacial score (nSPS) is 19.0. The van der Waals surface area contributed by atoms with E-state index in [2.05, 4.69) is 32.5 Å². The van der Waals surface area contributed by atoms with Crippen LogP contribution in [0, 0.1) is 0 Å². The molecule has 37 heavy (non-hydrogen) atoms. The molecule has 1 N–H and O–H groups in total. The minimum atomic E-state index is -3.90. The smallest absolute Gasteiger partial charge is 0.242 e. The van der Waals surface area contributed by atoms with Gasteiger partial charge in [-0.25, -0.2) is 8.42 Å². The number of carbonyl (C=O) groups is 2. The highest BCUT2D eigenvalue weighted by Gasteiger charge is 2.34. The van der Waals surface area contributed by atoms with Crippen molar-refractivity contribution in [3.63, 3.8) is 0 Å². The van der Waals surface area contributed by atoms with E-state index >= 15 is 0 Å². The Morgan fingerprint density at radius 3 is 2.54 bits per heavy atom. The molecule has 10 heteroatoms. The number of halogens is 1. The Kier molecular flexibility index (Phi) is 9.61. The summed E-state index contributed by atoms with van der Waals surface area (Å²) in [5.41, 5.74) is 0. The van der Waals surface area contributed by atoms with Gasteiger partial charge < -0.3 is 14.7 Å². The summed E-state index contributed by atoms with van der Waals surface area (Å²) in [5, 5.41) is 1.72. The first kappa shape index (κ1) is 28.0. The van der Waals surface area contributed by atoms with Gasteiger partial charge in [-0.05, 0) is 80.2 Å². The molecular weight excluding hydrogens is 556 g/mol. The lowest BCUT2D eigenvalue weighted by Gasteiger charge is -2.34. The van der Waals surface area contributed by atoms with E-state index in [1.54, 1.807) is 18.2 Å². The number of nitrogens with zero attached hydrogens (tertiary/aromatic N) is 3. The number of hydrogen-bond acceptors (Lipinski definition) is 5. The second kappa shape index (κ2) is 12.7. The monoisotopic (exact) mass is 592 g/mol. The van der Waals surface area contributed by atoms with Crippen LogP contribution in [0.5, 0.6) is 0 Å². The van der Waals surface area contributed by atoms with Crippen LogP contribution in [-0.4, -0.2) is 86.8 Å². The van der Waals surface area contributed by atoms with Crippen LogP contribution in [0.25, 0.3) is 10.8 Å². The van der Waals surface area contributed by atoms with Gasteiger partial charge >= 0.3 is 0 Å². The van der Waals surface area contributed by atoms with Crippen molar-refractivity contribution < 1.29 is 18.0 Å². The lowest BCUT2D eigenvalue weighted by Crippen LogP contribution is -2.55. The molecule has 0 aliphatic carbocycles. The zero-order valence-corrected chi connectivity index (χ0v) is 23.9. The number of sulfonamides is 1. The molecule has 202 valence electrons. The Morgan fingerprint density at radius 1 is 1.05 bits per heavy atom. The number of hydrogen-bond donors (Lipinski definition) is 1. The molecule has 4 rings (SSSR count). The molecular formula is C27H37BrN4O4S. The molecule has 2 amide bonds. The van der Waals surface area contributed by atoms with Crippen LogP contribution < -0.4 is 4.72 Å². The van der Waals surface area contributed by atoms with Gasteiger partial charge in [-0.2, -0.15) is 4.72 Å². The van der Waals surface area contributed by atoms with Crippen molar-refractivity contribution in [2.24, 2.45) is 0 Å². The average Bonchev–Trinajstić information content (AvgIpc) is 3.39. The van der Waals surface area contributed by atoms with Crippen molar-refractivity contribution in [3.8, 4) is 0 Å². The molecule has 0 unspecified atom stereocenters. The summed E-state index contributed by atoms with van der Waals surface area (Å²) in [6, 6.07) is 9.69. The van der Waals surface area contributed by atoms with Gasteiger partial charge in [0.25, 0.3) is 0 Å². The number of likely N-dealkylation sites (tertiary alicyclic amines) is 2. The minimum absolute atomic E-state index is 0.00831. The topological polar surface area (TPSA) is 90.0 Å². The van der Waals surface area contributed by atoms with Crippen LogP contribution >= 0.6 is 15.9 Å². The van der Waals surface area contributed by atoms with Crippen LogP contribution in [0.1, 0.15) is 45.4 Å². The average molecular weight is 594 g/mol. The third kappa shape index (κ3) is 7.31. The first-order valence-electron chi connectivity index (χ1n) is 13.3. The van der Waals surface area contributed by atoms with Gasteiger partial charge in [0.15, 0.2) is 0 Å². The second-order valence-corrected chi connectivity index (χ2v) is 12.6. The van der Waals surface area contributed by atoms with Crippen molar-refractivity contribution in [2.45, 2.75) is 56.4 Å². The predicted molar refractivity (Wildman–Crippen MR) is 149 cm³/mol. The van der Waals surface area contributed by atoms with Gasteiger partial charge in [-0.3, -0.25) is 9.59 Å². The van der Waals surface area contributed by atoms with Crippen molar-refractivity contribution in [1.82, 2.24) is 19.4 Å². The number of rotatable bonds is 11. The number of piperidine rings is 1. The van der Waals surface area contributed by atoms with Gasteiger partial charge in [0.1, 0.15) is 6.04 Å². The lowest BCUT2D eigenvalue weighted by atomic mass is 10.1. The molecule has 2 aromatic rings. The Hall–Kier alpha value is -2.01. The van der Waals surface area contributed by atoms with E-state index in [1.807, 2.05) is 23.1 Å². The number of amides is 2. The lowest BCUT2D eigenvalue weighted by molar-refractivity contribution is -0.143. The number of benzene rings is 2. The quantitative estimate of drug-likeness (QED) is 0.430. The Bertz CT molecular complexity index is 1220. The molecule has 2 heterocycles. The van der Waals surface area contributed by atoms with Crippen molar-refractivity contribution in [1.29, 1.82) is 0 Å². The molecule has 2 aliphatic heterocycles. The highest BCUT2D eigenvalue weighted by molar-refractivity contribution is 9.10. The van der Waals surface area contributed by atoms with Crippen LogP contribution in [0.3, 0.4) is 0 Å². The zero-order chi connectivity index (χ0) is 26.4. The molecule has 0 spiro atoms. The number of unbranched alkanes of at least 4 members (excludes halogenated alkanes) is 1. The predicted octanol–water partition coefficient (Wildman–Crippen LogP) is 3.60. The van der Waals surface area contributed by atoms with Gasteiger partial charge in [0.2, 0.25) is 21.8 Å². The van der Waals surface area contributed by atoms with Gasteiger partial charge in [0, 0.05) is 30.7 Å². The number of fused-ring (bicyclic) bond motifs is 1. The Labute approximate surface area is 228 Å². The number of carbonyl (C=O) groups excluding carboxylic acids is 2. The number of nitrogens with one attached hydrogen (secondary N) is 1. The highest BCUT2D eigenvalue weighted by Crippen LogP contribution is 2.24. The molecule has 0 saturated carbocycles. The molecule has 0 bridgehead atoms. The van der Waals surface area contributed by atoms with Crippen molar-refractivity contribution in [3.05, 3.63) is 40.9 Å². The summed E-state index contributed by atoms with van der Waals surface area (Å²) >= 11 is 3.43. The summed E-state index contributed by atoms with van der Waals surface area (Å²) < 4.78 is 29.8. The van der Waals surface area contributed by atoms with Crippen molar-refractivity contribution >= 4 is 48.5 Å². The maximum Gasteiger partial charge on any atom is 0.242 e. The fourth-order valence-corrected chi connectivity index (χ4v) is 6.70. The second-order valence-electron chi connectivity index (χ2n) is 10.0. The molecule has 0 aromatic heterocycles. The maximum atomic E-state index is 13.2. The molecule has 2 fully saturated rings. The SMILES string of the molecule is CCCCN(CCN1CCCC1)C(=O)CN1CCC[C@H](NS(=O)(=O)c2ccc3cc(Br)ccc3c2)C1=O. The Balaban J connectivity index is 1.39. The van der Waals surface area contributed by atoms with E-state index < -0.39 is 16.1 Å². The zero-order valence-electron chi connectivity index (χ0n) is 21.5. The summed E-state index contributed by atoms with van der Waals surface area (Å²) in [4.78, 5) is 32.3. The first-order chi connectivity index (χ1) is 17.8. The standard InChI is InChI=1S/C27H37BrN4O4S/c1-2-3-14-31(17-16-30-12-4-5-13-30)26(33)20-32-15-6-7-25(27(32)34)29-37(35,36)24-11-9-21-18-23(28)10-8-22(21)19-24/h8-11,18-19,25,29H,2-7,12-17,20H2,1H3/t25-/m0/s1. The maximum absolute atomic E-state index is 13.2. The van der Waals surface area contributed by atoms with Crippen LogP contribution in [0.15, 0.2) is 45.8 Å². The van der Waals surface area contributed by atoms with E-state index in [9.17, 15) is 18.0 Å². The molecule has 1 atom stereocenters. The van der Waals surface area contributed by atoms with Crippen molar-refractivity contribution in [2.75, 3.05) is 45.8 Å². The van der Waals surface area contributed by atoms with Gasteiger partial charge in [-0.1, -0.05) is 41.4 Å². The summed E-state index contributed by atoms with van der Waals surface area (Å²) in [7, 11) is -3.90. The van der Waals surface area contributed by atoms with Gasteiger partial charge in [-0.15, -0.1) is 0 Å². The molecule has 0 radical (unpaired) electrons. The van der Waals surface area contributed by atoms with Gasteiger partial charge in [0.05, 0.1) is 11.4 Å². The Morgan fingerprint density at radius 2 is 1.78 bits per heavy atom. The summed E-state index contributed by atoms with van der Waals surface area (Å²) in [6.45, 7) is 6.91. The van der Waals surface area contributed by atoms with Crippen LogP contribution in [0.2, 0.25) is 0 Å². The van der Waals surface area contributed by atoms with E-state index in [1.165, 1.54) is 17.7 Å². The third-order valence-electron chi connectivity index (χ3n) is 7.26. The largest absolute Gasteiger partial charge is 0.340 e. The third-order valence-corrected chi connectivity index (χ3v) is 9.22.